The number of aliphatic imine (C=N–C) groups is 2. The van der Waals surface area contributed by atoms with Gasteiger partial charge < -0.3 is 21.1 Å². The molecular weight excluding hydrogens is 350 g/mol. The summed E-state index contributed by atoms with van der Waals surface area (Å²) in [5, 5.41) is 12.5. The van der Waals surface area contributed by atoms with Crippen LogP contribution in [0, 0.1) is 0 Å². The molecular formula is C22H31N5O. The summed E-state index contributed by atoms with van der Waals surface area (Å²) < 4.78 is 0. The molecule has 1 aliphatic rings. The van der Waals surface area contributed by atoms with E-state index in [-0.39, 0.29) is 12.6 Å². The summed E-state index contributed by atoms with van der Waals surface area (Å²) in [4.78, 5) is 10.9. The number of hydrogen-bond donors (Lipinski definition) is 3. The fourth-order valence-electron chi connectivity index (χ4n) is 3.01. The van der Waals surface area contributed by atoms with E-state index in [9.17, 15) is 0 Å². The molecule has 150 valence electrons. The second-order valence-electron chi connectivity index (χ2n) is 6.66. The van der Waals surface area contributed by atoms with Gasteiger partial charge in [-0.05, 0) is 55.3 Å². The van der Waals surface area contributed by atoms with Crippen molar-refractivity contribution in [3.05, 3.63) is 54.6 Å². The lowest BCUT2D eigenvalue weighted by atomic mass is 10.1. The van der Waals surface area contributed by atoms with Crippen LogP contribution in [-0.2, 0) is 0 Å². The molecule has 1 aromatic carbocycles. The molecule has 1 aliphatic heterocycles. The largest absolute Gasteiger partial charge is 0.392 e. The normalized spacial score (nSPS) is 15.5. The number of hydrogen-bond acceptors (Lipinski definition) is 4. The van der Waals surface area contributed by atoms with Crippen LogP contribution in [0.5, 0.6) is 0 Å². The lowest BCUT2D eigenvalue weighted by Gasteiger charge is -2.17. The Morgan fingerprint density at radius 1 is 1.29 bits per heavy atom. The first-order chi connectivity index (χ1) is 13.6. The standard InChI is InChI=1S/C22H31N5O/c1-3-4-9-25-22(23)26-21-16-19(8-7-14-28)15-20(17-21)18(2)24-10-13-27-11-5-6-12-27/h3,7-9,15-17,24,28H,1-2,4-6,10-14H2,(H2,23,26)/b8-7+,25-9+. The predicted octanol–water partition coefficient (Wildman–Crippen LogP) is 2.94. The van der Waals surface area contributed by atoms with Crippen LogP contribution in [0.25, 0.3) is 11.8 Å². The second kappa shape index (κ2) is 11.9. The Hall–Kier alpha value is -2.70. The van der Waals surface area contributed by atoms with E-state index in [4.69, 9.17) is 10.8 Å². The van der Waals surface area contributed by atoms with Gasteiger partial charge in [-0.15, -0.1) is 6.58 Å². The molecule has 0 unspecified atom stereocenters. The van der Waals surface area contributed by atoms with Crippen LogP contribution in [0.15, 0.2) is 53.5 Å². The van der Waals surface area contributed by atoms with Gasteiger partial charge in [0.25, 0.3) is 0 Å². The summed E-state index contributed by atoms with van der Waals surface area (Å²) in [6.45, 7) is 12.0. The Kier molecular flexibility index (Phi) is 9.18. The number of aliphatic hydroxyl groups excluding tert-OH is 1. The maximum absolute atomic E-state index is 9.07. The fraction of sp³-hybridized carbons (Fsp3) is 0.364. The van der Waals surface area contributed by atoms with Crippen LogP contribution in [0.3, 0.4) is 0 Å². The number of likely N-dealkylation sites (tertiary alicyclic amines) is 1. The first kappa shape index (κ1) is 21.6. The van der Waals surface area contributed by atoms with Gasteiger partial charge in [-0.1, -0.05) is 24.8 Å². The number of rotatable bonds is 10. The molecule has 2 rings (SSSR count). The van der Waals surface area contributed by atoms with Gasteiger partial charge in [-0.2, -0.15) is 0 Å². The number of nitrogens with one attached hydrogen (secondary N) is 1. The van der Waals surface area contributed by atoms with E-state index in [0.29, 0.717) is 12.1 Å². The predicted molar refractivity (Wildman–Crippen MR) is 120 cm³/mol. The SMILES string of the molecule is C=CC/C=N/C(N)=Nc1cc(/C=C/CO)cc(C(=C)NCCN2CCCC2)c1. The number of aliphatic hydroxyl groups is 1. The molecule has 1 saturated heterocycles. The van der Waals surface area contributed by atoms with Crippen LogP contribution in [0.4, 0.5) is 5.69 Å². The van der Waals surface area contributed by atoms with Gasteiger partial charge >= 0.3 is 0 Å². The maximum Gasteiger partial charge on any atom is 0.220 e. The van der Waals surface area contributed by atoms with E-state index < -0.39 is 0 Å². The van der Waals surface area contributed by atoms with Crippen molar-refractivity contribution in [1.29, 1.82) is 0 Å². The molecule has 0 aliphatic carbocycles. The summed E-state index contributed by atoms with van der Waals surface area (Å²) in [5.74, 6) is 0.184. The van der Waals surface area contributed by atoms with Gasteiger partial charge in [0.05, 0.1) is 12.3 Å². The van der Waals surface area contributed by atoms with E-state index in [1.54, 1.807) is 18.4 Å². The van der Waals surface area contributed by atoms with E-state index >= 15 is 0 Å². The van der Waals surface area contributed by atoms with Crippen LogP contribution < -0.4 is 11.1 Å². The quantitative estimate of drug-likeness (QED) is 0.330. The smallest absolute Gasteiger partial charge is 0.220 e. The van der Waals surface area contributed by atoms with E-state index in [2.05, 4.69) is 33.4 Å². The zero-order valence-electron chi connectivity index (χ0n) is 16.5. The third-order valence-electron chi connectivity index (χ3n) is 4.41. The maximum atomic E-state index is 9.07. The van der Waals surface area contributed by atoms with Gasteiger partial charge in [0.1, 0.15) is 0 Å². The lowest BCUT2D eigenvalue weighted by Crippen LogP contribution is -2.29. The summed E-state index contributed by atoms with van der Waals surface area (Å²) in [6.07, 6.45) is 10.2. The van der Waals surface area contributed by atoms with Crippen LogP contribution in [0.2, 0.25) is 0 Å². The average Bonchev–Trinajstić information content (AvgIpc) is 3.19. The topological polar surface area (TPSA) is 86.2 Å². The van der Waals surface area contributed by atoms with Crippen molar-refractivity contribution < 1.29 is 5.11 Å². The number of nitrogens with zero attached hydrogens (tertiary/aromatic N) is 3. The van der Waals surface area contributed by atoms with Gasteiger partial charge in [0, 0.05) is 31.4 Å². The Morgan fingerprint density at radius 3 is 2.79 bits per heavy atom. The minimum atomic E-state index is -0.0220. The summed E-state index contributed by atoms with van der Waals surface area (Å²) in [6, 6.07) is 5.83. The summed E-state index contributed by atoms with van der Waals surface area (Å²) in [5.41, 5.74) is 9.26. The van der Waals surface area contributed by atoms with E-state index in [1.165, 1.54) is 25.9 Å². The minimum absolute atomic E-state index is 0.0220. The third kappa shape index (κ3) is 7.50. The highest BCUT2D eigenvalue weighted by atomic mass is 16.2. The molecule has 1 fully saturated rings. The highest BCUT2D eigenvalue weighted by Crippen LogP contribution is 2.23. The highest BCUT2D eigenvalue weighted by Gasteiger charge is 2.10. The van der Waals surface area contributed by atoms with Gasteiger partial charge in [-0.3, -0.25) is 0 Å². The van der Waals surface area contributed by atoms with Gasteiger partial charge in [-0.25, -0.2) is 9.98 Å². The number of benzene rings is 1. The van der Waals surface area contributed by atoms with Crippen LogP contribution in [-0.4, -0.2) is 55.0 Å². The number of nitrogens with two attached hydrogens (primary N) is 1. The Morgan fingerprint density at radius 2 is 2.07 bits per heavy atom. The van der Waals surface area contributed by atoms with Crippen molar-refractivity contribution in [2.24, 2.45) is 15.7 Å². The monoisotopic (exact) mass is 381 g/mol. The fourth-order valence-corrected chi connectivity index (χ4v) is 3.01. The molecule has 0 saturated carbocycles. The zero-order valence-corrected chi connectivity index (χ0v) is 16.5. The molecule has 1 aromatic rings. The third-order valence-corrected chi connectivity index (χ3v) is 4.41. The first-order valence-corrected chi connectivity index (χ1v) is 9.68. The van der Waals surface area contributed by atoms with E-state index in [1.807, 2.05) is 24.3 Å². The molecule has 6 nitrogen and oxygen atoms in total. The van der Waals surface area contributed by atoms with Crippen molar-refractivity contribution in [2.75, 3.05) is 32.8 Å². The average molecular weight is 382 g/mol. The minimum Gasteiger partial charge on any atom is -0.392 e. The van der Waals surface area contributed by atoms with Gasteiger partial charge in [0.15, 0.2) is 0 Å². The first-order valence-electron chi connectivity index (χ1n) is 9.68. The van der Waals surface area contributed by atoms with Crippen molar-refractivity contribution in [3.63, 3.8) is 0 Å². The highest BCUT2D eigenvalue weighted by molar-refractivity contribution is 5.89. The summed E-state index contributed by atoms with van der Waals surface area (Å²) in [7, 11) is 0. The molecule has 0 atom stereocenters. The molecule has 0 aromatic heterocycles. The van der Waals surface area contributed by atoms with Crippen LogP contribution >= 0.6 is 0 Å². The molecule has 4 N–H and O–H groups in total. The van der Waals surface area contributed by atoms with Crippen molar-refractivity contribution in [1.82, 2.24) is 10.2 Å². The number of guanidine groups is 1. The number of allylic oxidation sites excluding steroid dienone is 1. The zero-order chi connectivity index (χ0) is 20.2. The van der Waals surface area contributed by atoms with E-state index in [0.717, 1.165) is 29.9 Å². The molecule has 0 amide bonds. The lowest BCUT2D eigenvalue weighted by molar-refractivity contribution is 0.343. The van der Waals surface area contributed by atoms with Crippen LogP contribution in [0.1, 0.15) is 30.4 Å². The Balaban J connectivity index is 2.12. The van der Waals surface area contributed by atoms with Gasteiger partial charge in [0.2, 0.25) is 5.96 Å². The van der Waals surface area contributed by atoms with Crippen molar-refractivity contribution in [2.45, 2.75) is 19.3 Å². The molecule has 0 radical (unpaired) electrons. The molecule has 0 bridgehead atoms. The molecule has 1 heterocycles. The van der Waals surface area contributed by atoms with Crippen molar-refractivity contribution in [3.8, 4) is 0 Å². The molecule has 0 spiro atoms. The molecule has 6 heteroatoms. The molecule has 28 heavy (non-hydrogen) atoms. The summed E-state index contributed by atoms with van der Waals surface area (Å²) >= 11 is 0. The van der Waals surface area contributed by atoms with Crippen molar-refractivity contribution >= 4 is 29.6 Å². The second-order valence-corrected chi connectivity index (χ2v) is 6.66. The Labute approximate surface area is 167 Å². The Bertz CT molecular complexity index is 745.